The molecule has 1 fully saturated rings. The number of ether oxygens (including phenoxy) is 1. The third-order valence-electron chi connectivity index (χ3n) is 2.55. The van der Waals surface area contributed by atoms with Crippen molar-refractivity contribution in [1.29, 1.82) is 0 Å². The maximum atomic E-state index is 11.5. The van der Waals surface area contributed by atoms with Crippen LogP contribution in [0.1, 0.15) is 6.42 Å². The standard InChI is InChI=1S/C9H14BrNO5S/c1-16-9(13)11-2-3-17(14,15)6-7(11)4-8(12)5-10/h7H,2-6H2,1H3. The normalized spacial score (nSPS) is 23.2. The summed E-state index contributed by atoms with van der Waals surface area (Å²) in [5.74, 6) is -0.400. The van der Waals surface area contributed by atoms with E-state index in [4.69, 9.17) is 0 Å². The molecule has 98 valence electrons. The van der Waals surface area contributed by atoms with Gasteiger partial charge in [0.2, 0.25) is 0 Å². The Hall–Kier alpha value is -0.630. The summed E-state index contributed by atoms with van der Waals surface area (Å²) in [6, 6.07) is -0.619. The van der Waals surface area contributed by atoms with Gasteiger partial charge in [-0.25, -0.2) is 13.2 Å². The van der Waals surface area contributed by atoms with Crippen molar-refractivity contribution >= 4 is 37.6 Å². The number of amides is 1. The van der Waals surface area contributed by atoms with Crippen LogP contribution >= 0.6 is 15.9 Å². The summed E-state index contributed by atoms with van der Waals surface area (Å²) in [6.45, 7) is 0.0786. The van der Waals surface area contributed by atoms with E-state index in [1.54, 1.807) is 0 Å². The average Bonchev–Trinajstić information content (AvgIpc) is 2.27. The Kier molecular flexibility index (Phi) is 4.93. The van der Waals surface area contributed by atoms with Crippen molar-refractivity contribution < 1.29 is 22.7 Å². The summed E-state index contributed by atoms with van der Waals surface area (Å²) < 4.78 is 27.5. The Morgan fingerprint density at radius 3 is 2.65 bits per heavy atom. The second-order valence-electron chi connectivity index (χ2n) is 3.81. The molecule has 17 heavy (non-hydrogen) atoms. The van der Waals surface area contributed by atoms with E-state index in [0.717, 1.165) is 0 Å². The van der Waals surface area contributed by atoms with Crippen LogP contribution < -0.4 is 0 Å². The topological polar surface area (TPSA) is 80.8 Å². The van der Waals surface area contributed by atoms with Gasteiger partial charge < -0.3 is 9.64 Å². The van der Waals surface area contributed by atoms with Crippen molar-refractivity contribution in [3.63, 3.8) is 0 Å². The molecule has 0 spiro atoms. The first-order valence-electron chi connectivity index (χ1n) is 5.02. The quantitative estimate of drug-likeness (QED) is 0.692. The van der Waals surface area contributed by atoms with Crippen LogP contribution in [-0.4, -0.2) is 61.7 Å². The van der Waals surface area contributed by atoms with Crippen LogP contribution in [-0.2, 0) is 19.4 Å². The van der Waals surface area contributed by atoms with Gasteiger partial charge >= 0.3 is 6.09 Å². The van der Waals surface area contributed by atoms with Crippen LogP contribution in [0.5, 0.6) is 0 Å². The minimum Gasteiger partial charge on any atom is -0.453 e. The number of hydrogen-bond donors (Lipinski definition) is 0. The molecule has 0 aromatic heterocycles. The second-order valence-corrected chi connectivity index (χ2v) is 6.60. The predicted octanol–water partition coefficient (Wildman–Crippen LogP) is 0.206. The maximum Gasteiger partial charge on any atom is 0.409 e. The van der Waals surface area contributed by atoms with Gasteiger partial charge in [-0.2, -0.15) is 0 Å². The lowest BCUT2D eigenvalue weighted by molar-refractivity contribution is -0.117. The molecule has 0 radical (unpaired) electrons. The van der Waals surface area contributed by atoms with Crippen molar-refractivity contribution in [2.45, 2.75) is 12.5 Å². The largest absolute Gasteiger partial charge is 0.453 e. The van der Waals surface area contributed by atoms with Crippen LogP contribution in [0.2, 0.25) is 0 Å². The third-order valence-corrected chi connectivity index (χ3v) is 4.87. The monoisotopic (exact) mass is 327 g/mol. The highest BCUT2D eigenvalue weighted by molar-refractivity contribution is 9.09. The fraction of sp³-hybridized carbons (Fsp3) is 0.778. The van der Waals surface area contributed by atoms with Gasteiger partial charge in [-0.3, -0.25) is 4.79 Å². The molecule has 8 heteroatoms. The number of sulfone groups is 1. The molecule has 0 aliphatic carbocycles. The number of carbonyl (C=O) groups is 2. The van der Waals surface area contributed by atoms with E-state index in [1.165, 1.54) is 12.0 Å². The van der Waals surface area contributed by atoms with E-state index in [0.29, 0.717) is 0 Å². The number of alkyl halides is 1. The summed E-state index contributed by atoms with van der Waals surface area (Å²) in [6.07, 6.45) is -0.563. The lowest BCUT2D eigenvalue weighted by Crippen LogP contribution is -2.52. The number of carbonyl (C=O) groups excluding carboxylic acids is 2. The molecular formula is C9H14BrNO5S. The van der Waals surface area contributed by atoms with E-state index in [1.807, 2.05) is 0 Å². The summed E-state index contributed by atoms with van der Waals surface area (Å²) in [5.41, 5.74) is 0. The number of hydrogen-bond acceptors (Lipinski definition) is 5. The molecule has 0 saturated carbocycles. The summed E-state index contributed by atoms with van der Waals surface area (Å²) in [5, 5.41) is 0.151. The lowest BCUT2D eigenvalue weighted by Gasteiger charge is -2.33. The van der Waals surface area contributed by atoms with Crippen LogP contribution in [0.3, 0.4) is 0 Å². The Morgan fingerprint density at radius 2 is 2.12 bits per heavy atom. The molecule has 1 rings (SSSR count). The van der Waals surface area contributed by atoms with E-state index in [2.05, 4.69) is 20.7 Å². The number of methoxy groups -OCH3 is 1. The fourth-order valence-corrected chi connectivity index (χ4v) is 3.49. The highest BCUT2D eigenvalue weighted by Gasteiger charge is 2.35. The third kappa shape index (κ3) is 3.95. The molecule has 1 atom stereocenters. The molecule has 6 nitrogen and oxygen atoms in total. The molecule has 0 aromatic carbocycles. The van der Waals surface area contributed by atoms with E-state index in [9.17, 15) is 18.0 Å². The van der Waals surface area contributed by atoms with Crippen molar-refractivity contribution in [3.05, 3.63) is 0 Å². The lowest BCUT2D eigenvalue weighted by atomic mass is 10.1. The zero-order chi connectivity index (χ0) is 13.1. The van der Waals surface area contributed by atoms with Gasteiger partial charge in [-0.15, -0.1) is 0 Å². The van der Waals surface area contributed by atoms with Gasteiger partial charge in [0.1, 0.15) is 5.78 Å². The smallest absolute Gasteiger partial charge is 0.409 e. The van der Waals surface area contributed by atoms with Crippen molar-refractivity contribution in [3.8, 4) is 0 Å². The first-order valence-corrected chi connectivity index (χ1v) is 7.96. The van der Waals surface area contributed by atoms with E-state index in [-0.39, 0.29) is 35.6 Å². The minimum atomic E-state index is -3.18. The summed E-state index contributed by atoms with van der Waals surface area (Å²) >= 11 is 3.01. The highest BCUT2D eigenvalue weighted by atomic mass is 79.9. The predicted molar refractivity (Wildman–Crippen MR) is 65.0 cm³/mol. The number of ketones is 1. The van der Waals surface area contributed by atoms with Gasteiger partial charge in [0.15, 0.2) is 9.84 Å². The average molecular weight is 328 g/mol. The number of Topliss-reactive ketones (excluding diaryl/α,β-unsaturated/α-hetero) is 1. The number of nitrogens with zero attached hydrogens (tertiary/aromatic N) is 1. The van der Waals surface area contributed by atoms with Crippen molar-refractivity contribution in [1.82, 2.24) is 4.90 Å². The molecule has 1 aliphatic heterocycles. The van der Waals surface area contributed by atoms with Crippen LogP contribution in [0.25, 0.3) is 0 Å². The van der Waals surface area contributed by atoms with Crippen molar-refractivity contribution in [2.24, 2.45) is 0 Å². The highest BCUT2D eigenvalue weighted by Crippen LogP contribution is 2.16. The van der Waals surface area contributed by atoms with E-state index < -0.39 is 22.0 Å². The molecule has 0 N–H and O–H groups in total. The van der Waals surface area contributed by atoms with Crippen LogP contribution in [0.15, 0.2) is 0 Å². The second kappa shape index (κ2) is 5.81. The van der Waals surface area contributed by atoms with Gasteiger partial charge in [0, 0.05) is 13.0 Å². The molecule has 1 unspecified atom stereocenters. The maximum absolute atomic E-state index is 11.5. The Balaban J connectivity index is 2.82. The Bertz CT molecular complexity index is 408. The molecule has 1 heterocycles. The molecular weight excluding hydrogens is 314 g/mol. The molecule has 1 amide bonds. The van der Waals surface area contributed by atoms with E-state index >= 15 is 0 Å². The van der Waals surface area contributed by atoms with Gasteiger partial charge in [0.05, 0.1) is 30.0 Å². The first kappa shape index (κ1) is 14.4. The van der Waals surface area contributed by atoms with Gasteiger partial charge in [-0.1, -0.05) is 15.9 Å². The first-order chi connectivity index (χ1) is 7.89. The number of rotatable bonds is 3. The van der Waals surface area contributed by atoms with Gasteiger partial charge in [-0.05, 0) is 0 Å². The van der Waals surface area contributed by atoms with Crippen LogP contribution in [0, 0.1) is 0 Å². The molecule has 0 aromatic rings. The van der Waals surface area contributed by atoms with Crippen LogP contribution in [0.4, 0.5) is 4.79 Å². The molecule has 1 aliphatic rings. The zero-order valence-corrected chi connectivity index (χ0v) is 11.8. The van der Waals surface area contributed by atoms with Crippen molar-refractivity contribution in [2.75, 3.05) is 30.5 Å². The number of halogens is 1. The SMILES string of the molecule is COC(=O)N1CCS(=O)(=O)CC1CC(=O)CBr. The van der Waals surface area contributed by atoms with Gasteiger partial charge in [0.25, 0.3) is 0 Å². The minimum absolute atomic E-state index is 0.0274. The Labute approximate surface area is 108 Å². The fourth-order valence-electron chi connectivity index (χ4n) is 1.73. The zero-order valence-electron chi connectivity index (χ0n) is 9.39. The summed E-state index contributed by atoms with van der Waals surface area (Å²) in [7, 11) is -1.95. The molecule has 0 bridgehead atoms. The Morgan fingerprint density at radius 1 is 1.47 bits per heavy atom. The summed E-state index contributed by atoms with van der Waals surface area (Å²) in [4.78, 5) is 24.1. The molecule has 1 saturated heterocycles.